The zero-order chi connectivity index (χ0) is 20.8. The van der Waals surface area contributed by atoms with Crippen molar-refractivity contribution in [2.45, 2.75) is 11.3 Å². The van der Waals surface area contributed by atoms with E-state index in [1.165, 1.54) is 23.9 Å². The molecule has 0 unspecified atom stereocenters. The molecular weight excluding hydrogens is 399 g/mol. The van der Waals surface area contributed by atoms with E-state index in [1.807, 2.05) is 60.7 Å². The number of rotatable bonds is 7. The van der Waals surface area contributed by atoms with Crippen molar-refractivity contribution >= 4 is 17.7 Å². The lowest BCUT2D eigenvalue weighted by atomic mass is 9.99. The van der Waals surface area contributed by atoms with Gasteiger partial charge in [0.2, 0.25) is 5.91 Å². The van der Waals surface area contributed by atoms with Crippen LogP contribution in [0.1, 0.15) is 17.2 Å². The van der Waals surface area contributed by atoms with Crippen LogP contribution in [0.25, 0.3) is 11.3 Å². The third-order valence-corrected chi connectivity index (χ3v) is 5.35. The number of nitrogens with zero attached hydrogens (tertiary/aromatic N) is 1. The first-order chi connectivity index (χ1) is 14.7. The lowest BCUT2D eigenvalue weighted by molar-refractivity contribution is -0.119. The summed E-state index contributed by atoms with van der Waals surface area (Å²) >= 11 is 1.22. The van der Waals surface area contributed by atoms with Crippen molar-refractivity contribution in [3.05, 3.63) is 108 Å². The first-order valence-corrected chi connectivity index (χ1v) is 10.4. The standard InChI is InChI=1S/C24H19FN2O2S/c25-20-13-11-17(12-14-20)21-15-26-24(29-21)30-16-22(28)27-23(18-7-3-1-4-8-18)19-9-5-2-6-10-19/h1-15,23H,16H2,(H,27,28). The van der Waals surface area contributed by atoms with Gasteiger partial charge in [-0.25, -0.2) is 9.37 Å². The Morgan fingerprint density at radius 1 is 0.933 bits per heavy atom. The second-order valence-electron chi connectivity index (χ2n) is 6.61. The molecule has 4 rings (SSSR count). The molecule has 4 nitrogen and oxygen atoms in total. The Labute approximate surface area is 178 Å². The molecular formula is C24H19FN2O2S. The smallest absolute Gasteiger partial charge is 0.256 e. The number of oxazole rings is 1. The van der Waals surface area contributed by atoms with Crippen molar-refractivity contribution < 1.29 is 13.6 Å². The number of benzene rings is 3. The van der Waals surface area contributed by atoms with Crippen molar-refractivity contribution in [3.63, 3.8) is 0 Å². The Morgan fingerprint density at radius 3 is 2.13 bits per heavy atom. The van der Waals surface area contributed by atoms with Crippen LogP contribution < -0.4 is 5.32 Å². The predicted molar refractivity (Wildman–Crippen MR) is 115 cm³/mol. The fraction of sp³-hybridized carbons (Fsp3) is 0.0833. The highest BCUT2D eigenvalue weighted by Gasteiger charge is 2.17. The molecule has 6 heteroatoms. The third-order valence-electron chi connectivity index (χ3n) is 4.51. The van der Waals surface area contributed by atoms with Gasteiger partial charge in [0.15, 0.2) is 5.76 Å². The second-order valence-corrected chi connectivity index (χ2v) is 7.53. The summed E-state index contributed by atoms with van der Waals surface area (Å²) in [7, 11) is 0. The highest BCUT2D eigenvalue weighted by atomic mass is 32.2. The van der Waals surface area contributed by atoms with Gasteiger partial charge in [-0.1, -0.05) is 72.4 Å². The van der Waals surface area contributed by atoms with Crippen LogP contribution in [0.5, 0.6) is 0 Å². The Hall–Kier alpha value is -3.38. The van der Waals surface area contributed by atoms with Crippen molar-refractivity contribution in [3.8, 4) is 11.3 Å². The predicted octanol–water partition coefficient (Wildman–Crippen LogP) is 5.48. The van der Waals surface area contributed by atoms with Crippen molar-refractivity contribution in [1.82, 2.24) is 10.3 Å². The van der Waals surface area contributed by atoms with Crippen LogP contribution >= 0.6 is 11.8 Å². The maximum atomic E-state index is 13.1. The molecule has 0 bridgehead atoms. The molecule has 0 aliphatic carbocycles. The minimum Gasteiger partial charge on any atom is -0.431 e. The Morgan fingerprint density at radius 2 is 1.53 bits per heavy atom. The molecule has 0 aliphatic rings. The van der Waals surface area contributed by atoms with Gasteiger partial charge in [-0.3, -0.25) is 4.79 Å². The molecule has 3 aromatic carbocycles. The van der Waals surface area contributed by atoms with Crippen molar-refractivity contribution in [2.24, 2.45) is 0 Å². The molecule has 0 spiro atoms. The van der Waals surface area contributed by atoms with Gasteiger partial charge >= 0.3 is 0 Å². The topological polar surface area (TPSA) is 55.1 Å². The van der Waals surface area contributed by atoms with Crippen molar-refractivity contribution in [2.75, 3.05) is 5.75 Å². The summed E-state index contributed by atoms with van der Waals surface area (Å²) in [5, 5.41) is 3.48. The van der Waals surface area contributed by atoms with Crippen LogP contribution in [0, 0.1) is 5.82 Å². The molecule has 0 saturated carbocycles. The Bertz CT molecular complexity index is 1060. The molecule has 1 amide bonds. The van der Waals surface area contributed by atoms with Crippen LogP contribution in [0.15, 0.2) is 101 Å². The average molecular weight is 418 g/mol. The van der Waals surface area contributed by atoms with Crippen LogP contribution in [-0.4, -0.2) is 16.6 Å². The van der Waals surface area contributed by atoms with Crippen LogP contribution in [-0.2, 0) is 4.79 Å². The zero-order valence-electron chi connectivity index (χ0n) is 16.0. The summed E-state index contributed by atoms with van der Waals surface area (Å²) in [4.78, 5) is 16.8. The first-order valence-electron chi connectivity index (χ1n) is 9.43. The Kier molecular flexibility index (Phi) is 6.25. The van der Waals surface area contributed by atoms with Gasteiger partial charge in [0.1, 0.15) is 5.82 Å². The van der Waals surface area contributed by atoms with Crippen LogP contribution in [0.3, 0.4) is 0 Å². The normalized spacial score (nSPS) is 10.9. The van der Waals surface area contributed by atoms with Gasteiger partial charge in [0.05, 0.1) is 18.0 Å². The van der Waals surface area contributed by atoms with Crippen LogP contribution in [0.2, 0.25) is 0 Å². The molecule has 1 aromatic heterocycles. The number of aromatic nitrogens is 1. The number of hydrogen-bond donors (Lipinski definition) is 1. The largest absolute Gasteiger partial charge is 0.431 e. The van der Waals surface area contributed by atoms with Crippen LogP contribution in [0.4, 0.5) is 4.39 Å². The lowest BCUT2D eigenvalue weighted by Crippen LogP contribution is -2.30. The third kappa shape index (κ3) is 4.96. The average Bonchev–Trinajstić information content (AvgIpc) is 3.27. The molecule has 30 heavy (non-hydrogen) atoms. The molecule has 0 fully saturated rings. The second kappa shape index (κ2) is 9.41. The van der Waals surface area contributed by atoms with E-state index in [1.54, 1.807) is 18.3 Å². The molecule has 4 aromatic rings. The molecule has 0 aliphatic heterocycles. The van der Waals surface area contributed by atoms with E-state index in [-0.39, 0.29) is 23.5 Å². The maximum absolute atomic E-state index is 13.1. The molecule has 150 valence electrons. The molecule has 1 heterocycles. The van der Waals surface area contributed by atoms with E-state index >= 15 is 0 Å². The maximum Gasteiger partial charge on any atom is 0.256 e. The number of thioether (sulfide) groups is 1. The quantitative estimate of drug-likeness (QED) is 0.404. The van der Waals surface area contributed by atoms with Gasteiger partial charge in [-0.05, 0) is 35.4 Å². The van der Waals surface area contributed by atoms with Crippen molar-refractivity contribution in [1.29, 1.82) is 0 Å². The van der Waals surface area contributed by atoms with E-state index in [9.17, 15) is 9.18 Å². The summed E-state index contributed by atoms with van der Waals surface area (Å²) in [5.74, 6) is 0.263. The van der Waals surface area contributed by atoms with Gasteiger partial charge in [0, 0.05) is 5.56 Å². The molecule has 1 N–H and O–H groups in total. The van der Waals surface area contributed by atoms with E-state index in [2.05, 4.69) is 10.3 Å². The molecule has 0 radical (unpaired) electrons. The number of hydrogen-bond acceptors (Lipinski definition) is 4. The van der Waals surface area contributed by atoms with Gasteiger partial charge in [0.25, 0.3) is 5.22 Å². The lowest BCUT2D eigenvalue weighted by Gasteiger charge is -2.19. The summed E-state index contributed by atoms with van der Waals surface area (Å²) in [6.07, 6.45) is 1.57. The minimum atomic E-state index is -0.309. The summed E-state index contributed by atoms with van der Waals surface area (Å²) in [6, 6.07) is 25.4. The molecule has 0 saturated heterocycles. The Balaban J connectivity index is 1.41. The summed E-state index contributed by atoms with van der Waals surface area (Å²) in [5.41, 5.74) is 2.75. The fourth-order valence-electron chi connectivity index (χ4n) is 3.05. The summed E-state index contributed by atoms with van der Waals surface area (Å²) in [6.45, 7) is 0. The number of halogens is 1. The number of amides is 1. The number of carbonyl (C=O) groups excluding carboxylic acids is 1. The van der Waals surface area contributed by atoms with Gasteiger partial charge < -0.3 is 9.73 Å². The van der Waals surface area contributed by atoms with E-state index < -0.39 is 0 Å². The van der Waals surface area contributed by atoms with E-state index in [0.717, 1.165) is 16.7 Å². The highest BCUT2D eigenvalue weighted by Crippen LogP contribution is 2.26. The SMILES string of the molecule is O=C(CSc1ncc(-c2ccc(F)cc2)o1)NC(c1ccccc1)c1ccccc1. The first kappa shape index (κ1) is 19.9. The fourth-order valence-corrected chi connectivity index (χ4v) is 3.67. The highest BCUT2D eigenvalue weighted by molar-refractivity contribution is 7.99. The monoisotopic (exact) mass is 418 g/mol. The van der Waals surface area contributed by atoms with E-state index in [4.69, 9.17) is 4.42 Å². The zero-order valence-corrected chi connectivity index (χ0v) is 16.8. The van der Waals surface area contributed by atoms with Gasteiger partial charge in [-0.15, -0.1) is 0 Å². The number of carbonyl (C=O) groups is 1. The molecule has 0 atom stereocenters. The summed E-state index contributed by atoms with van der Waals surface area (Å²) < 4.78 is 18.8. The van der Waals surface area contributed by atoms with E-state index in [0.29, 0.717) is 11.0 Å². The number of nitrogens with one attached hydrogen (secondary N) is 1. The minimum absolute atomic E-state index is 0.126. The van der Waals surface area contributed by atoms with Gasteiger partial charge in [-0.2, -0.15) is 0 Å².